The lowest BCUT2D eigenvalue weighted by molar-refractivity contribution is 0.235. The lowest BCUT2D eigenvalue weighted by Crippen LogP contribution is -2.39. The summed E-state index contributed by atoms with van der Waals surface area (Å²) in [6.07, 6.45) is 0. The molecular formula is C17H28N6O. The van der Waals surface area contributed by atoms with Gasteiger partial charge in [0.05, 0.1) is 23.5 Å². The minimum Gasteiger partial charge on any atom is -0.331 e. The lowest BCUT2D eigenvalue weighted by Gasteiger charge is -2.19. The molecule has 0 bridgehead atoms. The van der Waals surface area contributed by atoms with Gasteiger partial charge in [0.2, 0.25) is 0 Å². The predicted octanol–water partition coefficient (Wildman–Crippen LogP) is 2.51. The first-order chi connectivity index (χ1) is 11.1. The van der Waals surface area contributed by atoms with Crippen LogP contribution in [0.4, 0.5) is 4.79 Å². The van der Waals surface area contributed by atoms with E-state index in [0.717, 1.165) is 33.9 Å². The molecule has 0 spiro atoms. The molecule has 0 aliphatic rings. The van der Waals surface area contributed by atoms with Crippen LogP contribution in [0.25, 0.3) is 0 Å². The minimum atomic E-state index is -0.194. The summed E-state index contributed by atoms with van der Waals surface area (Å²) < 4.78 is 3.68. The summed E-state index contributed by atoms with van der Waals surface area (Å²) in [6, 6.07) is -0.413. The quantitative estimate of drug-likeness (QED) is 0.903. The monoisotopic (exact) mass is 332 g/mol. The Hall–Kier alpha value is -2.31. The van der Waals surface area contributed by atoms with Gasteiger partial charge in [-0.15, -0.1) is 0 Å². The van der Waals surface area contributed by atoms with Gasteiger partial charge in [0.1, 0.15) is 0 Å². The molecule has 0 aliphatic carbocycles. The summed E-state index contributed by atoms with van der Waals surface area (Å²) in [5.74, 6) is 0. The molecule has 2 N–H and O–H groups in total. The van der Waals surface area contributed by atoms with Crippen molar-refractivity contribution in [3.05, 3.63) is 33.9 Å². The van der Waals surface area contributed by atoms with Crippen molar-refractivity contribution in [1.29, 1.82) is 0 Å². The second-order valence-electron chi connectivity index (χ2n) is 6.48. The van der Waals surface area contributed by atoms with Crippen LogP contribution in [0.5, 0.6) is 0 Å². The van der Waals surface area contributed by atoms with Crippen molar-refractivity contribution in [3.63, 3.8) is 0 Å². The van der Waals surface area contributed by atoms with Gasteiger partial charge in [-0.25, -0.2) is 4.79 Å². The van der Waals surface area contributed by atoms with Crippen LogP contribution in [-0.4, -0.2) is 25.6 Å². The number of carbonyl (C=O) groups is 1. The third-order valence-corrected chi connectivity index (χ3v) is 4.69. The molecule has 2 aromatic heterocycles. The molecule has 7 nitrogen and oxygen atoms in total. The Bertz CT molecular complexity index is 695. The van der Waals surface area contributed by atoms with Crippen molar-refractivity contribution in [1.82, 2.24) is 30.2 Å². The normalized spacial score (nSPS) is 13.7. The van der Waals surface area contributed by atoms with Crippen LogP contribution in [0.3, 0.4) is 0 Å². The van der Waals surface area contributed by atoms with Crippen molar-refractivity contribution in [3.8, 4) is 0 Å². The summed E-state index contributed by atoms with van der Waals surface area (Å²) in [5.41, 5.74) is 6.13. The molecule has 0 aromatic carbocycles. The van der Waals surface area contributed by atoms with Crippen LogP contribution >= 0.6 is 0 Å². The first-order valence-corrected chi connectivity index (χ1v) is 8.20. The summed E-state index contributed by atoms with van der Waals surface area (Å²) in [4.78, 5) is 12.4. The highest BCUT2D eigenvalue weighted by Gasteiger charge is 2.21. The van der Waals surface area contributed by atoms with Gasteiger partial charge < -0.3 is 10.6 Å². The van der Waals surface area contributed by atoms with Crippen molar-refractivity contribution >= 4 is 6.03 Å². The predicted molar refractivity (Wildman–Crippen MR) is 93.9 cm³/mol. The lowest BCUT2D eigenvalue weighted by atomic mass is 10.1. The number of carbonyl (C=O) groups excluding carboxylic acids is 1. The van der Waals surface area contributed by atoms with E-state index in [0.29, 0.717) is 0 Å². The molecule has 0 fully saturated rings. The van der Waals surface area contributed by atoms with Gasteiger partial charge in [-0.2, -0.15) is 10.2 Å². The van der Waals surface area contributed by atoms with E-state index in [1.165, 1.54) is 0 Å². The van der Waals surface area contributed by atoms with Crippen molar-refractivity contribution in [2.45, 2.75) is 53.6 Å². The van der Waals surface area contributed by atoms with Gasteiger partial charge in [-0.05, 0) is 41.5 Å². The maximum Gasteiger partial charge on any atom is 0.315 e. The summed E-state index contributed by atoms with van der Waals surface area (Å²) in [5, 5.41) is 14.8. The van der Waals surface area contributed by atoms with Crippen molar-refractivity contribution in [2.24, 2.45) is 14.1 Å². The molecule has 2 aromatic rings. The van der Waals surface area contributed by atoms with Crippen LogP contribution in [0.15, 0.2) is 0 Å². The smallest absolute Gasteiger partial charge is 0.315 e. The van der Waals surface area contributed by atoms with Crippen molar-refractivity contribution in [2.75, 3.05) is 0 Å². The van der Waals surface area contributed by atoms with E-state index in [9.17, 15) is 4.79 Å². The molecule has 0 saturated carbocycles. The van der Waals surface area contributed by atoms with E-state index < -0.39 is 0 Å². The van der Waals surface area contributed by atoms with Gasteiger partial charge in [0, 0.05) is 36.6 Å². The van der Waals surface area contributed by atoms with E-state index in [4.69, 9.17) is 0 Å². The number of nitrogens with zero attached hydrogens (tertiary/aromatic N) is 4. The number of hydrogen-bond acceptors (Lipinski definition) is 3. The average molecular weight is 332 g/mol. The van der Waals surface area contributed by atoms with Crippen LogP contribution in [0, 0.1) is 27.7 Å². The molecule has 2 heterocycles. The highest BCUT2D eigenvalue weighted by atomic mass is 16.2. The topological polar surface area (TPSA) is 76.8 Å². The standard InChI is InChI=1S/C17H28N6O/c1-9(15-11(3)20-22(7)13(15)5)18-17(24)19-10(2)16-12(4)21-23(8)14(16)6/h9-10H,1-8H3,(H2,18,19,24). The number of amides is 2. The third-order valence-electron chi connectivity index (χ3n) is 4.69. The molecule has 2 rings (SSSR count). The van der Waals surface area contributed by atoms with Gasteiger partial charge in [0.15, 0.2) is 0 Å². The maximum atomic E-state index is 12.4. The van der Waals surface area contributed by atoms with Crippen LogP contribution in [-0.2, 0) is 14.1 Å². The molecule has 0 aliphatic heterocycles. The van der Waals surface area contributed by atoms with Gasteiger partial charge in [-0.1, -0.05) is 0 Å². The zero-order valence-electron chi connectivity index (χ0n) is 15.9. The zero-order chi connectivity index (χ0) is 18.2. The summed E-state index contributed by atoms with van der Waals surface area (Å²) >= 11 is 0. The Kier molecular flexibility index (Phi) is 5.01. The molecule has 2 amide bonds. The highest BCUT2D eigenvalue weighted by molar-refractivity contribution is 5.75. The summed E-state index contributed by atoms with van der Waals surface area (Å²) in [6.45, 7) is 11.9. The van der Waals surface area contributed by atoms with Gasteiger partial charge >= 0.3 is 6.03 Å². The van der Waals surface area contributed by atoms with E-state index >= 15 is 0 Å². The molecule has 2 unspecified atom stereocenters. The van der Waals surface area contributed by atoms with Gasteiger partial charge in [0.25, 0.3) is 0 Å². The SMILES string of the molecule is Cc1nn(C)c(C)c1C(C)NC(=O)NC(C)c1c(C)nn(C)c1C. The van der Waals surface area contributed by atoms with Gasteiger partial charge in [-0.3, -0.25) is 9.36 Å². The largest absolute Gasteiger partial charge is 0.331 e. The Morgan fingerprint density at radius 3 is 1.42 bits per heavy atom. The van der Waals surface area contributed by atoms with E-state index in [-0.39, 0.29) is 18.1 Å². The molecule has 7 heteroatoms. The minimum absolute atomic E-state index is 0.109. The van der Waals surface area contributed by atoms with Crippen LogP contribution < -0.4 is 10.6 Å². The zero-order valence-corrected chi connectivity index (χ0v) is 15.9. The first-order valence-electron chi connectivity index (χ1n) is 8.20. The Morgan fingerprint density at radius 2 is 1.17 bits per heavy atom. The molecule has 132 valence electrons. The fourth-order valence-corrected chi connectivity index (χ4v) is 3.41. The van der Waals surface area contributed by atoms with E-state index in [2.05, 4.69) is 20.8 Å². The van der Waals surface area contributed by atoms with Crippen molar-refractivity contribution < 1.29 is 4.79 Å². The fourth-order valence-electron chi connectivity index (χ4n) is 3.41. The fraction of sp³-hybridized carbons (Fsp3) is 0.588. The Balaban J connectivity index is 2.07. The van der Waals surface area contributed by atoms with E-state index in [1.807, 2.05) is 65.0 Å². The van der Waals surface area contributed by atoms with Crippen LogP contribution in [0.1, 0.15) is 59.8 Å². The second-order valence-corrected chi connectivity index (χ2v) is 6.48. The number of aromatic nitrogens is 4. The number of nitrogens with one attached hydrogen (secondary N) is 2. The second kappa shape index (κ2) is 6.67. The number of hydrogen-bond donors (Lipinski definition) is 2. The average Bonchev–Trinajstić information content (AvgIpc) is 2.85. The molecule has 0 saturated heterocycles. The Morgan fingerprint density at radius 1 is 0.833 bits per heavy atom. The molecular weight excluding hydrogens is 304 g/mol. The first kappa shape index (κ1) is 18.0. The molecule has 2 atom stereocenters. The van der Waals surface area contributed by atoms with Crippen LogP contribution in [0.2, 0.25) is 0 Å². The molecule has 24 heavy (non-hydrogen) atoms. The number of rotatable bonds is 4. The third kappa shape index (κ3) is 3.29. The highest BCUT2D eigenvalue weighted by Crippen LogP contribution is 2.22. The van der Waals surface area contributed by atoms with E-state index in [1.54, 1.807) is 0 Å². The molecule has 0 radical (unpaired) electrons. The maximum absolute atomic E-state index is 12.4. The number of aryl methyl sites for hydroxylation is 4. The number of urea groups is 1. The Labute approximate surface area is 143 Å². The summed E-state index contributed by atoms with van der Waals surface area (Å²) in [7, 11) is 3.82.